The molecule has 4 nitrogen and oxygen atoms in total. The summed E-state index contributed by atoms with van der Waals surface area (Å²) in [5.41, 5.74) is 3.31. The number of nitrogens with zero attached hydrogens (tertiary/aromatic N) is 2. The second-order valence-electron chi connectivity index (χ2n) is 3.87. The summed E-state index contributed by atoms with van der Waals surface area (Å²) in [5.74, 6) is -0.221. The van der Waals surface area contributed by atoms with Gasteiger partial charge in [0.25, 0.3) is 5.91 Å². The van der Waals surface area contributed by atoms with E-state index in [1.165, 1.54) is 6.33 Å². The molecule has 0 radical (unpaired) electrons. The van der Waals surface area contributed by atoms with Crippen LogP contribution in [0, 0.1) is 13.8 Å². The van der Waals surface area contributed by atoms with Crippen molar-refractivity contribution in [3.63, 3.8) is 0 Å². The lowest BCUT2D eigenvalue weighted by molar-refractivity contribution is 0.102. The van der Waals surface area contributed by atoms with E-state index in [4.69, 9.17) is 0 Å². The largest absolute Gasteiger partial charge is 0.320 e. The maximum Gasteiger partial charge on any atom is 0.274 e. The average Bonchev–Trinajstić information content (AvgIpc) is 2.35. The summed E-state index contributed by atoms with van der Waals surface area (Å²) >= 11 is 0. The van der Waals surface area contributed by atoms with Crippen LogP contribution in [-0.2, 0) is 0 Å². The van der Waals surface area contributed by atoms with Crippen molar-refractivity contribution >= 4 is 11.6 Å². The second-order valence-corrected chi connectivity index (χ2v) is 3.87. The van der Waals surface area contributed by atoms with Crippen LogP contribution in [0.15, 0.2) is 36.8 Å². The van der Waals surface area contributed by atoms with Crippen molar-refractivity contribution in [1.29, 1.82) is 0 Å². The molecule has 2 rings (SSSR count). The number of benzene rings is 1. The standard InChI is InChI=1S/C13H13N3O/c1-9-3-4-10(2)12(7-9)16-13(17)11-5-6-14-8-15-11/h3-8H,1-2H3,(H,16,17). The third-order valence-electron chi connectivity index (χ3n) is 2.46. The van der Waals surface area contributed by atoms with Crippen molar-refractivity contribution in [2.24, 2.45) is 0 Å². The molecule has 1 N–H and O–H groups in total. The summed E-state index contributed by atoms with van der Waals surface area (Å²) in [5, 5.41) is 2.84. The fourth-order valence-electron chi connectivity index (χ4n) is 1.48. The molecular formula is C13H13N3O. The van der Waals surface area contributed by atoms with Crippen LogP contribution in [-0.4, -0.2) is 15.9 Å². The smallest absolute Gasteiger partial charge is 0.274 e. The molecule has 1 aromatic carbocycles. The molecule has 0 saturated carbocycles. The Balaban J connectivity index is 2.22. The molecule has 0 aliphatic rings. The highest BCUT2D eigenvalue weighted by atomic mass is 16.1. The van der Waals surface area contributed by atoms with Gasteiger partial charge in [-0.2, -0.15) is 0 Å². The molecule has 1 amide bonds. The average molecular weight is 227 g/mol. The first-order valence-electron chi connectivity index (χ1n) is 5.31. The van der Waals surface area contributed by atoms with Gasteiger partial charge >= 0.3 is 0 Å². The SMILES string of the molecule is Cc1ccc(C)c(NC(=O)c2ccncn2)c1. The molecule has 17 heavy (non-hydrogen) atoms. The number of nitrogens with one attached hydrogen (secondary N) is 1. The van der Waals surface area contributed by atoms with Crippen LogP contribution < -0.4 is 5.32 Å². The summed E-state index contributed by atoms with van der Waals surface area (Å²) in [6.45, 7) is 3.94. The van der Waals surface area contributed by atoms with E-state index in [1.807, 2.05) is 32.0 Å². The topological polar surface area (TPSA) is 54.9 Å². The number of amides is 1. The summed E-state index contributed by atoms with van der Waals surface area (Å²) in [6, 6.07) is 7.51. The normalized spacial score (nSPS) is 10.0. The molecule has 0 saturated heterocycles. The van der Waals surface area contributed by atoms with Gasteiger partial charge in [-0.25, -0.2) is 9.97 Å². The minimum Gasteiger partial charge on any atom is -0.320 e. The summed E-state index contributed by atoms with van der Waals surface area (Å²) < 4.78 is 0. The zero-order valence-electron chi connectivity index (χ0n) is 9.77. The van der Waals surface area contributed by atoms with Gasteiger partial charge in [0.1, 0.15) is 12.0 Å². The molecule has 0 aliphatic heterocycles. The van der Waals surface area contributed by atoms with Crippen LogP contribution in [0.5, 0.6) is 0 Å². The predicted molar refractivity (Wildman–Crippen MR) is 65.9 cm³/mol. The van der Waals surface area contributed by atoms with Gasteiger partial charge in [0.15, 0.2) is 0 Å². The van der Waals surface area contributed by atoms with E-state index < -0.39 is 0 Å². The molecule has 86 valence electrons. The zero-order chi connectivity index (χ0) is 12.3. The van der Waals surface area contributed by atoms with Crippen molar-refractivity contribution in [1.82, 2.24) is 9.97 Å². The predicted octanol–water partition coefficient (Wildman–Crippen LogP) is 2.35. The van der Waals surface area contributed by atoms with Gasteiger partial charge in [-0.1, -0.05) is 12.1 Å². The number of aryl methyl sites for hydroxylation is 2. The first kappa shape index (κ1) is 11.3. The molecule has 0 bridgehead atoms. The highest BCUT2D eigenvalue weighted by molar-refractivity contribution is 6.03. The Morgan fingerprint density at radius 3 is 2.76 bits per heavy atom. The fraction of sp³-hybridized carbons (Fsp3) is 0.154. The van der Waals surface area contributed by atoms with E-state index in [-0.39, 0.29) is 5.91 Å². The van der Waals surface area contributed by atoms with E-state index in [1.54, 1.807) is 12.3 Å². The molecule has 0 aliphatic carbocycles. The molecular weight excluding hydrogens is 214 g/mol. The number of hydrogen-bond acceptors (Lipinski definition) is 3. The van der Waals surface area contributed by atoms with Crippen molar-refractivity contribution in [3.05, 3.63) is 53.6 Å². The van der Waals surface area contributed by atoms with Gasteiger partial charge < -0.3 is 5.32 Å². The molecule has 0 atom stereocenters. The molecule has 0 fully saturated rings. The summed E-state index contributed by atoms with van der Waals surface area (Å²) in [4.78, 5) is 19.6. The van der Waals surface area contributed by atoms with Crippen molar-refractivity contribution in [3.8, 4) is 0 Å². The third-order valence-corrected chi connectivity index (χ3v) is 2.46. The number of anilines is 1. The zero-order valence-corrected chi connectivity index (χ0v) is 9.77. The molecule has 0 spiro atoms. The van der Waals surface area contributed by atoms with Gasteiger partial charge in [-0.15, -0.1) is 0 Å². The van der Waals surface area contributed by atoms with E-state index in [0.717, 1.165) is 16.8 Å². The molecule has 1 heterocycles. The van der Waals surface area contributed by atoms with Gasteiger partial charge in [0, 0.05) is 11.9 Å². The lowest BCUT2D eigenvalue weighted by Crippen LogP contribution is -2.14. The van der Waals surface area contributed by atoms with Crippen molar-refractivity contribution in [2.75, 3.05) is 5.32 Å². The van der Waals surface area contributed by atoms with Crippen LogP contribution in [0.1, 0.15) is 21.6 Å². The molecule has 1 aromatic heterocycles. The molecule has 0 unspecified atom stereocenters. The van der Waals surface area contributed by atoms with Crippen LogP contribution >= 0.6 is 0 Å². The van der Waals surface area contributed by atoms with Crippen LogP contribution in [0.25, 0.3) is 0 Å². The fourth-order valence-corrected chi connectivity index (χ4v) is 1.48. The highest BCUT2D eigenvalue weighted by Crippen LogP contribution is 2.16. The highest BCUT2D eigenvalue weighted by Gasteiger charge is 2.08. The lowest BCUT2D eigenvalue weighted by atomic mass is 10.1. The quantitative estimate of drug-likeness (QED) is 0.856. The van der Waals surface area contributed by atoms with Crippen LogP contribution in [0.4, 0.5) is 5.69 Å². The molecule has 4 heteroatoms. The van der Waals surface area contributed by atoms with E-state index in [9.17, 15) is 4.79 Å². The first-order chi connectivity index (χ1) is 8.16. The number of aromatic nitrogens is 2. The van der Waals surface area contributed by atoms with Crippen molar-refractivity contribution in [2.45, 2.75) is 13.8 Å². The van der Waals surface area contributed by atoms with Gasteiger partial charge in [0.05, 0.1) is 0 Å². The molecule has 2 aromatic rings. The Kier molecular flexibility index (Phi) is 3.14. The summed E-state index contributed by atoms with van der Waals surface area (Å²) in [7, 11) is 0. The Morgan fingerprint density at radius 1 is 1.24 bits per heavy atom. The van der Waals surface area contributed by atoms with Crippen LogP contribution in [0.3, 0.4) is 0 Å². The number of hydrogen-bond donors (Lipinski definition) is 1. The Labute approximate surface area is 99.7 Å². The lowest BCUT2D eigenvalue weighted by Gasteiger charge is -2.08. The Hall–Kier alpha value is -2.23. The van der Waals surface area contributed by atoms with E-state index in [0.29, 0.717) is 5.69 Å². The van der Waals surface area contributed by atoms with E-state index in [2.05, 4.69) is 15.3 Å². The maximum absolute atomic E-state index is 11.9. The monoisotopic (exact) mass is 227 g/mol. The number of carbonyl (C=O) groups is 1. The Morgan fingerprint density at radius 2 is 2.06 bits per heavy atom. The third kappa shape index (κ3) is 2.66. The van der Waals surface area contributed by atoms with E-state index >= 15 is 0 Å². The van der Waals surface area contributed by atoms with Gasteiger partial charge in [0.2, 0.25) is 0 Å². The Bertz CT molecular complexity index is 538. The second kappa shape index (κ2) is 4.74. The van der Waals surface area contributed by atoms with Gasteiger partial charge in [-0.3, -0.25) is 4.79 Å². The van der Waals surface area contributed by atoms with Gasteiger partial charge in [-0.05, 0) is 37.1 Å². The summed E-state index contributed by atoms with van der Waals surface area (Å²) in [6.07, 6.45) is 2.91. The van der Waals surface area contributed by atoms with Crippen molar-refractivity contribution < 1.29 is 4.79 Å². The minimum absolute atomic E-state index is 0.221. The number of rotatable bonds is 2. The van der Waals surface area contributed by atoms with Crippen LogP contribution in [0.2, 0.25) is 0 Å². The minimum atomic E-state index is -0.221. The maximum atomic E-state index is 11.9. The first-order valence-corrected chi connectivity index (χ1v) is 5.31. The number of carbonyl (C=O) groups excluding carboxylic acids is 1.